The Labute approximate surface area is 148 Å². The first-order valence-corrected chi connectivity index (χ1v) is 8.94. The van der Waals surface area contributed by atoms with Gasteiger partial charge in [-0.15, -0.1) is 11.6 Å². The number of nitrogens with zero attached hydrogens (tertiary/aromatic N) is 1. The van der Waals surface area contributed by atoms with Crippen LogP contribution in [0.4, 0.5) is 0 Å². The maximum Gasteiger partial charge on any atom is 0.339 e. The summed E-state index contributed by atoms with van der Waals surface area (Å²) in [6.07, 6.45) is 0. The topological polar surface area (TPSA) is 97.4 Å². The van der Waals surface area contributed by atoms with Gasteiger partial charge >= 0.3 is 15.7 Å². The quantitative estimate of drug-likeness (QED) is 0.394. The molecule has 0 saturated heterocycles. The summed E-state index contributed by atoms with van der Waals surface area (Å²) in [5, 5.41) is 9.46. The van der Waals surface area contributed by atoms with Gasteiger partial charge in [-0.05, 0) is 35.9 Å². The number of nitriles is 1. The van der Waals surface area contributed by atoms with Gasteiger partial charge in [0.15, 0.2) is 0 Å². The van der Waals surface area contributed by atoms with Crippen LogP contribution in [0.1, 0.15) is 11.1 Å². The Morgan fingerprint density at radius 3 is 2.68 bits per heavy atom. The van der Waals surface area contributed by atoms with Crippen LogP contribution in [0.25, 0.3) is 11.0 Å². The molecule has 0 aliphatic rings. The molecule has 1 aromatic heterocycles. The van der Waals surface area contributed by atoms with Gasteiger partial charge in [-0.2, -0.15) is 13.7 Å². The Morgan fingerprint density at radius 1 is 1.16 bits per heavy atom. The molecule has 0 aliphatic heterocycles. The van der Waals surface area contributed by atoms with Crippen LogP contribution in [0.2, 0.25) is 0 Å². The molecule has 0 spiro atoms. The standard InChI is InChI=1S/C17H10ClNO5S/c18-9-12-7-17(20)23-16-8-13(4-5-15(12)16)24-25(21,22)14-3-1-2-11(6-14)10-19/h1-8H,9H2. The van der Waals surface area contributed by atoms with Gasteiger partial charge in [0.05, 0.1) is 11.6 Å². The van der Waals surface area contributed by atoms with E-state index in [1.807, 2.05) is 6.07 Å². The Hall–Kier alpha value is -2.82. The first-order chi connectivity index (χ1) is 11.9. The molecule has 0 atom stereocenters. The third kappa shape index (κ3) is 3.50. The predicted molar refractivity (Wildman–Crippen MR) is 91.0 cm³/mol. The minimum absolute atomic E-state index is 0.0234. The molecule has 6 nitrogen and oxygen atoms in total. The smallest absolute Gasteiger partial charge is 0.339 e. The van der Waals surface area contributed by atoms with Crippen LogP contribution in [0, 0.1) is 11.3 Å². The SMILES string of the molecule is N#Cc1cccc(S(=O)(=O)Oc2ccc3c(CCl)cc(=O)oc3c2)c1. The highest BCUT2D eigenvalue weighted by Gasteiger charge is 2.18. The van der Waals surface area contributed by atoms with Crippen molar-refractivity contribution < 1.29 is 17.0 Å². The molecule has 126 valence electrons. The summed E-state index contributed by atoms with van der Waals surface area (Å²) in [7, 11) is -4.14. The number of hydrogen-bond donors (Lipinski definition) is 0. The van der Waals surface area contributed by atoms with Crippen molar-refractivity contribution in [1.82, 2.24) is 0 Å². The summed E-state index contributed by atoms with van der Waals surface area (Å²) in [5.74, 6) is 0.0893. The summed E-state index contributed by atoms with van der Waals surface area (Å²) >= 11 is 5.80. The number of hydrogen-bond acceptors (Lipinski definition) is 6. The van der Waals surface area contributed by atoms with Crippen LogP contribution < -0.4 is 9.81 Å². The Kier molecular flexibility index (Phi) is 4.49. The van der Waals surface area contributed by atoms with Gasteiger partial charge < -0.3 is 8.60 Å². The zero-order valence-electron chi connectivity index (χ0n) is 12.6. The van der Waals surface area contributed by atoms with Crippen LogP contribution in [-0.2, 0) is 16.0 Å². The highest BCUT2D eigenvalue weighted by molar-refractivity contribution is 7.87. The molecular weight excluding hydrogens is 366 g/mol. The number of fused-ring (bicyclic) bond motifs is 1. The number of rotatable bonds is 4. The fourth-order valence-corrected chi connectivity index (χ4v) is 3.46. The summed E-state index contributed by atoms with van der Waals surface area (Å²) in [6, 6.07) is 12.9. The zero-order chi connectivity index (χ0) is 18.0. The van der Waals surface area contributed by atoms with Gasteiger partial charge in [-0.1, -0.05) is 6.07 Å². The average molecular weight is 376 g/mol. The first-order valence-electron chi connectivity index (χ1n) is 7.00. The van der Waals surface area contributed by atoms with Gasteiger partial charge in [-0.3, -0.25) is 0 Å². The molecule has 25 heavy (non-hydrogen) atoms. The molecule has 8 heteroatoms. The van der Waals surface area contributed by atoms with Crippen LogP contribution in [0.5, 0.6) is 5.75 Å². The molecule has 0 unspecified atom stereocenters. The van der Waals surface area contributed by atoms with E-state index < -0.39 is 15.7 Å². The summed E-state index contributed by atoms with van der Waals surface area (Å²) in [5.41, 5.74) is 0.344. The van der Waals surface area contributed by atoms with E-state index in [0.717, 1.165) is 0 Å². The second kappa shape index (κ2) is 6.59. The molecule has 3 rings (SSSR count). The highest BCUT2D eigenvalue weighted by atomic mass is 35.5. The lowest BCUT2D eigenvalue weighted by molar-refractivity contribution is 0.485. The maximum absolute atomic E-state index is 12.4. The van der Waals surface area contributed by atoms with Crippen molar-refractivity contribution in [3.8, 4) is 11.8 Å². The Balaban J connectivity index is 2.02. The predicted octanol–water partition coefficient (Wildman–Crippen LogP) is 3.17. The van der Waals surface area contributed by atoms with E-state index in [-0.39, 0.29) is 27.7 Å². The average Bonchev–Trinajstić information content (AvgIpc) is 2.60. The van der Waals surface area contributed by atoms with Crippen molar-refractivity contribution in [3.05, 3.63) is 70.1 Å². The zero-order valence-corrected chi connectivity index (χ0v) is 14.2. The van der Waals surface area contributed by atoms with Crippen LogP contribution >= 0.6 is 11.6 Å². The van der Waals surface area contributed by atoms with E-state index >= 15 is 0 Å². The van der Waals surface area contributed by atoms with Crippen LogP contribution in [-0.4, -0.2) is 8.42 Å². The molecular formula is C17H10ClNO5S. The fraction of sp³-hybridized carbons (Fsp3) is 0.0588. The van der Waals surface area contributed by atoms with E-state index in [4.69, 9.17) is 25.5 Å². The van der Waals surface area contributed by atoms with Crippen LogP contribution in [0.15, 0.2) is 62.6 Å². The van der Waals surface area contributed by atoms with E-state index in [0.29, 0.717) is 10.9 Å². The molecule has 2 aromatic carbocycles. The lowest BCUT2D eigenvalue weighted by Gasteiger charge is -2.08. The van der Waals surface area contributed by atoms with Crippen molar-refractivity contribution in [2.45, 2.75) is 10.8 Å². The Morgan fingerprint density at radius 2 is 1.96 bits per heavy atom. The van der Waals surface area contributed by atoms with E-state index in [1.165, 1.54) is 42.5 Å². The molecule has 0 aliphatic carbocycles. The van der Waals surface area contributed by atoms with E-state index in [9.17, 15) is 13.2 Å². The van der Waals surface area contributed by atoms with E-state index in [2.05, 4.69) is 0 Å². The molecule has 0 bridgehead atoms. The highest BCUT2D eigenvalue weighted by Crippen LogP contribution is 2.26. The van der Waals surface area contributed by atoms with Crippen molar-refractivity contribution in [1.29, 1.82) is 5.26 Å². The first kappa shape index (κ1) is 17.0. The van der Waals surface area contributed by atoms with Gasteiger partial charge in [-0.25, -0.2) is 4.79 Å². The van der Waals surface area contributed by atoms with Crippen molar-refractivity contribution >= 4 is 32.7 Å². The summed E-state index contributed by atoms with van der Waals surface area (Å²) in [6.45, 7) is 0. The van der Waals surface area contributed by atoms with Gasteiger partial charge in [0, 0.05) is 23.4 Å². The Bertz CT molecular complexity index is 1160. The third-order valence-corrected chi connectivity index (χ3v) is 4.93. The molecule has 0 amide bonds. The number of alkyl halides is 1. The minimum atomic E-state index is -4.14. The molecule has 0 fully saturated rings. The minimum Gasteiger partial charge on any atom is -0.423 e. The fourth-order valence-electron chi connectivity index (χ4n) is 2.27. The van der Waals surface area contributed by atoms with Gasteiger partial charge in [0.25, 0.3) is 0 Å². The number of halogens is 1. The number of benzene rings is 2. The van der Waals surface area contributed by atoms with E-state index in [1.54, 1.807) is 6.07 Å². The summed E-state index contributed by atoms with van der Waals surface area (Å²) in [4.78, 5) is 11.4. The second-order valence-electron chi connectivity index (χ2n) is 5.06. The maximum atomic E-state index is 12.4. The molecule has 0 saturated carbocycles. The third-order valence-electron chi connectivity index (χ3n) is 3.40. The van der Waals surface area contributed by atoms with Gasteiger partial charge in [0.2, 0.25) is 0 Å². The molecule has 0 N–H and O–H groups in total. The lowest BCUT2D eigenvalue weighted by atomic mass is 10.1. The second-order valence-corrected chi connectivity index (χ2v) is 6.87. The largest absolute Gasteiger partial charge is 0.423 e. The van der Waals surface area contributed by atoms with Gasteiger partial charge in [0.1, 0.15) is 16.2 Å². The molecule has 0 radical (unpaired) electrons. The molecule has 3 aromatic rings. The normalized spacial score (nSPS) is 11.2. The summed E-state index contributed by atoms with van der Waals surface area (Å²) < 4.78 is 34.8. The van der Waals surface area contributed by atoms with Crippen molar-refractivity contribution in [3.63, 3.8) is 0 Å². The monoisotopic (exact) mass is 375 g/mol. The lowest BCUT2D eigenvalue weighted by Crippen LogP contribution is -2.10. The van der Waals surface area contributed by atoms with Crippen LogP contribution in [0.3, 0.4) is 0 Å². The molecule has 1 heterocycles. The van der Waals surface area contributed by atoms with Crippen molar-refractivity contribution in [2.75, 3.05) is 0 Å². The van der Waals surface area contributed by atoms with Crippen molar-refractivity contribution in [2.24, 2.45) is 0 Å².